The van der Waals surface area contributed by atoms with Crippen molar-refractivity contribution in [2.75, 3.05) is 19.7 Å². The summed E-state index contributed by atoms with van der Waals surface area (Å²) in [5.41, 5.74) is 1.23. The molecule has 0 radical (unpaired) electrons. The number of aliphatic hydroxyl groups excluding tert-OH is 1. The molecule has 0 amide bonds. The smallest absolute Gasteiger partial charge is 0.272 e. The van der Waals surface area contributed by atoms with Crippen LogP contribution < -0.4 is 5.56 Å². The van der Waals surface area contributed by atoms with Crippen LogP contribution in [0.15, 0.2) is 23.1 Å². The van der Waals surface area contributed by atoms with Crippen molar-refractivity contribution in [2.45, 2.75) is 13.5 Å². The topological polar surface area (TPSA) is 73.6 Å². The van der Waals surface area contributed by atoms with Gasteiger partial charge in [-0.3, -0.25) is 14.8 Å². The summed E-state index contributed by atoms with van der Waals surface area (Å²) >= 11 is 0. The van der Waals surface area contributed by atoms with E-state index in [1.165, 1.54) is 10.6 Å². The highest BCUT2D eigenvalue weighted by atomic mass is 16.3. The van der Waals surface area contributed by atoms with Crippen LogP contribution in [0.3, 0.4) is 0 Å². The summed E-state index contributed by atoms with van der Waals surface area (Å²) < 4.78 is 1.39. The van der Waals surface area contributed by atoms with E-state index in [0.717, 1.165) is 12.2 Å². The maximum Gasteiger partial charge on any atom is 0.272 e. The molecule has 0 atom stereocenters. The Hall–Kier alpha value is -1.66. The lowest BCUT2D eigenvalue weighted by molar-refractivity contribution is 0.195. The van der Waals surface area contributed by atoms with Crippen molar-refractivity contribution < 1.29 is 5.11 Å². The van der Waals surface area contributed by atoms with E-state index < -0.39 is 0 Å². The van der Waals surface area contributed by atoms with E-state index >= 15 is 0 Å². The Morgan fingerprint density at radius 3 is 3.12 bits per heavy atom. The molecule has 0 fully saturated rings. The highest BCUT2D eigenvalue weighted by molar-refractivity contribution is 5.36. The molecule has 0 aromatic carbocycles. The van der Waals surface area contributed by atoms with Crippen LogP contribution in [0.1, 0.15) is 12.6 Å². The summed E-state index contributed by atoms with van der Waals surface area (Å²) in [6.45, 7) is 4.10. The van der Waals surface area contributed by atoms with Crippen LogP contribution in [-0.4, -0.2) is 44.3 Å². The van der Waals surface area contributed by atoms with Crippen molar-refractivity contribution in [1.29, 1.82) is 0 Å². The van der Waals surface area contributed by atoms with E-state index in [2.05, 4.69) is 10.1 Å². The number of aromatic amines is 1. The van der Waals surface area contributed by atoms with E-state index in [1.54, 1.807) is 12.3 Å². The first-order valence-corrected chi connectivity index (χ1v) is 5.64. The molecule has 2 heterocycles. The Morgan fingerprint density at radius 2 is 2.41 bits per heavy atom. The number of aliphatic hydroxyl groups is 1. The number of nitrogens with zero attached hydrogens (tertiary/aromatic N) is 3. The molecule has 2 rings (SSSR count). The largest absolute Gasteiger partial charge is 0.395 e. The van der Waals surface area contributed by atoms with Crippen molar-refractivity contribution in [1.82, 2.24) is 19.5 Å². The molecular formula is C11H16N4O2. The number of rotatable bonds is 5. The monoisotopic (exact) mass is 236 g/mol. The average Bonchev–Trinajstić information content (AvgIpc) is 2.77. The van der Waals surface area contributed by atoms with Crippen molar-refractivity contribution in [2.24, 2.45) is 0 Å². The van der Waals surface area contributed by atoms with Gasteiger partial charge >= 0.3 is 0 Å². The van der Waals surface area contributed by atoms with E-state index in [0.29, 0.717) is 18.7 Å². The summed E-state index contributed by atoms with van der Waals surface area (Å²) in [5, 5.41) is 11.7. The van der Waals surface area contributed by atoms with Gasteiger partial charge in [-0.25, -0.2) is 9.50 Å². The molecule has 6 heteroatoms. The van der Waals surface area contributed by atoms with Crippen LogP contribution in [0.4, 0.5) is 0 Å². The maximum absolute atomic E-state index is 11.7. The van der Waals surface area contributed by atoms with Gasteiger partial charge in [0.25, 0.3) is 5.56 Å². The first-order valence-electron chi connectivity index (χ1n) is 5.64. The molecule has 0 aliphatic heterocycles. The molecule has 2 aromatic rings. The number of hydrogen-bond donors (Lipinski definition) is 2. The van der Waals surface area contributed by atoms with Gasteiger partial charge in [0, 0.05) is 31.4 Å². The Balaban J connectivity index is 2.26. The number of fused-ring (bicyclic) bond motifs is 1. The SMILES string of the molecule is CCN(CCO)Cc1cc(=O)n2[nH]ccc2n1. The minimum absolute atomic E-state index is 0.110. The van der Waals surface area contributed by atoms with Gasteiger partial charge in [-0.2, -0.15) is 0 Å². The lowest BCUT2D eigenvalue weighted by atomic mass is 10.3. The summed E-state index contributed by atoms with van der Waals surface area (Å²) in [4.78, 5) is 18.1. The van der Waals surface area contributed by atoms with Gasteiger partial charge in [-0.15, -0.1) is 0 Å². The molecule has 92 valence electrons. The predicted octanol–water partition coefficient (Wildman–Crippen LogP) is -0.163. The molecule has 0 saturated carbocycles. The zero-order valence-corrected chi connectivity index (χ0v) is 9.76. The molecule has 2 aromatic heterocycles. The molecule has 2 N–H and O–H groups in total. The molecule has 0 spiro atoms. The molecule has 0 aliphatic carbocycles. The number of H-pyrrole nitrogens is 1. The van der Waals surface area contributed by atoms with Crippen molar-refractivity contribution in [3.63, 3.8) is 0 Å². The number of hydrogen-bond acceptors (Lipinski definition) is 4. The molecule has 0 aliphatic rings. The van der Waals surface area contributed by atoms with Crippen LogP contribution in [0.25, 0.3) is 5.65 Å². The second-order valence-corrected chi connectivity index (χ2v) is 3.83. The fraction of sp³-hybridized carbons (Fsp3) is 0.455. The minimum Gasteiger partial charge on any atom is -0.395 e. The van der Waals surface area contributed by atoms with Gasteiger partial charge in [0.15, 0.2) is 5.65 Å². The van der Waals surface area contributed by atoms with Gasteiger partial charge in [0.2, 0.25) is 0 Å². The molecule has 0 unspecified atom stereocenters. The van der Waals surface area contributed by atoms with Crippen LogP contribution in [0.2, 0.25) is 0 Å². The highest BCUT2D eigenvalue weighted by Crippen LogP contribution is 2.01. The lowest BCUT2D eigenvalue weighted by Gasteiger charge is -2.18. The third kappa shape index (κ3) is 2.54. The van der Waals surface area contributed by atoms with Crippen LogP contribution in [0, 0.1) is 0 Å². The Labute approximate surface area is 98.5 Å². The molecule has 0 saturated heterocycles. The van der Waals surface area contributed by atoms with Gasteiger partial charge in [0.1, 0.15) is 0 Å². The molecule has 17 heavy (non-hydrogen) atoms. The maximum atomic E-state index is 11.7. The molecular weight excluding hydrogens is 220 g/mol. The Kier molecular flexibility index (Phi) is 3.55. The fourth-order valence-electron chi connectivity index (χ4n) is 1.78. The second kappa shape index (κ2) is 5.11. The first kappa shape index (κ1) is 11.8. The second-order valence-electron chi connectivity index (χ2n) is 3.83. The minimum atomic E-state index is -0.116. The zero-order chi connectivity index (χ0) is 12.3. The van der Waals surface area contributed by atoms with E-state index in [-0.39, 0.29) is 12.2 Å². The van der Waals surface area contributed by atoms with Crippen LogP contribution in [-0.2, 0) is 6.54 Å². The van der Waals surface area contributed by atoms with Gasteiger partial charge in [-0.1, -0.05) is 6.92 Å². The highest BCUT2D eigenvalue weighted by Gasteiger charge is 2.07. The number of likely N-dealkylation sites (N-methyl/N-ethyl adjacent to an activating group) is 1. The average molecular weight is 236 g/mol. The first-order chi connectivity index (χ1) is 8.24. The number of nitrogens with one attached hydrogen (secondary N) is 1. The summed E-state index contributed by atoms with van der Waals surface area (Å²) in [7, 11) is 0. The number of aromatic nitrogens is 3. The van der Waals surface area contributed by atoms with E-state index in [9.17, 15) is 4.79 Å². The van der Waals surface area contributed by atoms with Crippen molar-refractivity contribution in [3.8, 4) is 0 Å². The van der Waals surface area contributed by atoms with Gasteiger partial charge in [-0.05, 0) is 6.54 Å². The van der Waals surface area contributed by atoms with E-state index in [1.807, 2.05) is 11.8 Å². The molecule has 0 bridgehead atoms. The third-order valence-electron chi connectivity index (χ3n) is 2.68. The van der Waals surface area contributed by atoms with E-state index in [4.69, 9.17) is 5.11 Å². The summed E-state index contributed by atoms with van der Waals surface area (Å²) in [6.07, 6.45) is 1.68. The van der Waals surface area contributed by atoms with Gasteiger partial charge in [0.05, 0.1) is 12.3 Å². The van der Waals surface area contributed by atoms with Crippen molar-refractivity contribution in [3.05, 3.63) is 34.4 Å². The Bertz CT molecular complexity index is 546. The summed E-state index contributed by atoms with van der Waals surface area (Å²) in [6, 6.07) is 3.27. The third-order valence-corrected chi connectivity index (χ3v) is 2.68. The van der Waals surface area contributed by atoms with Crippen LogP contribution >= 0.6 is 0 Å². The standard InChI is InChI=1S/C11H16N4O2/c1-2-14(5-6-16)8-9-7-11(17)15-10(13-9)3-4-12-15/h3-4,7,12,16H,2,5-6,8H2,1H3. The predicted molar refractivity (Wildman–Crippen MR) is 63.8 cm³/mol. The fourth-order valence-corrected chi connectivity index (χ4v) is 1.78. The van der Waals surface area contributed by atoms with Crippen molar-refractivity contribution >= 4 is 5.65 Å². The molecule has 6 nitrogen and oxygen atoms in total. The summed E-state index contributed by atoms with van der Waals surface area (Å²) in [5.74, 6) is 0. The normalized spacial score (nSPS) is 11.5. The quantitative estimate of drug-likeness (QED) is 0.756. The lowest BCUT2D eigenvalue weighted by Crippen LogP contribution is -2.27. The zero-order valence-electron chi connectivity index (χ0n) is 9.76. The van der Waals surface area contributed by atoms with Gasteiger partial charge < -0.3 is 5.11 Å². The Morgan fingerprint density at radius 1 is 1.59 bits per heavy atom. The van der Waals surface area contributed by atoms with Crippen LogP contribution in [0.5, 0.6) is 0 Å².